The average Bonchev–Trinajstić information content (AvgIpc) is 3.79. The second-order valence-electron chi connectivity index (χ2n) is 16.6. The van der Waals surface area contributed by atoms with Gasteiger partial charge in [0.2, 0.25) is 0 Å². The van der Waals surface area contributed by atoms with Crippen LogP contribution in [0.5, 0.6) is 0 Å². The predicted molar refractivity (Wildman–Crippen MR) is 224 cm³/mol. The summed E-state index contributed by atoms with van der Waals surface area (Å²) < 4.78 is 16.6. The normalized spacial score (nSPS) is 21.0. The number of morpholine rings is 3. The zero-order valence-electron chi connectivity index (χ0n) is 34.2. The highest BCUT2D eigenvalue weighted by atomic mass is 16.5. The van der Waals surface area contributed by atoms with Gasteiger partial charge in [0.15, 0.2) is 0 Å². The Balaban J connectivity index is 1.12. The van der Waals surface area contributed by atoms with Crippen LogP contribution in [0.25, 0.3) is 21.9 Å². The van der Waals surface area contributed by atoms with E-state index in [-0.39, 0.29) is 13.1 Å². The molecule has 4 fully saturated rings. The molecule has 0 aliphatic carbocycles. The zero-order valence-corrected chi connectivity index (χ0v) is 34.2. The van der Waals surface area contributed by atoms with Crippen LogP contribution in [0.1, 0.15) is 72.7 Å². The number of hydrogen-bond donors (Lipinski definition) is 1. The van der Waals surface area contributed by atoms with E-state index in [4.69, 9.17) is 14.2 Å². The molecule has 14 nitrogen and oxygen atoms in total. The van der Waals surface area contributed by atoms with E-state index in [0.29, 0.717) is 103 Å². The number of rotatable bonds is 15. The predicted octanol–water partition coefficient (Wildman–Crippen LogP) is 3.48. The van der Waals surface area contributed by atoms with E-state index >= 15 is 0 Å². The SMILES string of the molecule is O=C1c2cc(-c3ccc(CN4CCOCC4)cc3)c3c4c(cc(NCCN5CCCC5)c(c24)C(=O)N1CCCN1CCOCC1)C(=O)N(CCCN1CCOCC1)C3=O. The number of ether oxygens (including phenoxy) is 3. The Labute approximate surface area is 346 Å². The largest absolute Gasteiger partial charge is 0.383 e. The molecule has 4 saturated heterocycles. The fourth-order valence-corrected chi connectivity index (χ4v) is 9.65. The van der Waals surface area contributed by atoms with Crippen molar-refractivity contribution in [3.05, 3.63) is 64.2 Å². The van der Waals surface area contributed by atoms with Gasteiger partial charge in [0.1, 0.15) is 0 Å². The third kappa shape index (κ3) is 8.41. The van der Waals surface area contributed by atoms with Crippen molar-refractivity contribution >= 4 is 40.1 Å². The number of carbonyl (C=O) groups is 4. The van der Waals surface area contributed by atoms with Crippen molar-refractivity contribution in [3.8, 4) is 11.1 Å². The molecule has 3 aromatic rings. The molecule has 1 N–H and O–H groups in total. The fourth-order valence-electron chi connectivity index (χ4n) is 9.65. The Hall–Kier alpha value is -4.28. The summed E-state index contributed by atoms with van der Waals surface area (Å²) in [5.41, 5.74) is 4.48. The van der Waals surface area contributed by atoms with Gasteiger partial charge in [-0.1, -0.05) is 24.3 Å². The molecule has 4 amide bonds. The Bertz CT molecular complexity index is 2050. The van der Waals surface area contributed by atoms with Crippen LogP contribution in [0.2, 0.25) is 0 Å². The summed E-state index contributed by atoms with van der Waals surface area (Å²) >= 11 is 0. The van der Waals surface area contributed by atoms with Crippen LogP contribution in [0.4, 0.5) is 5.69 Å². The van der Waals surface area contributed by atoms with Crippen LogP contribution in [0, 0.1) is 0 Å². The molecule has 0 radical (unpaired) electrons. The number of amides is 4. The smallest absolute Gasteiger partial charge is 0.263 e. The first-order chi connectivity index (χ1) is 28.9. The molecular weight excluding hydrogens is 751 g/mol. The van der Waals surface area contributed by atoms with E-state index in [1.165, 1.54) is 22.6 Å². The molecule has 59 heavy (non-hydrogen) atoms. The number of benzene rings is 3. The molecule has 6 aliphatic heterocycles. The highest BCUT2D eigenvalue weighted by Crippen LogP contribution is 2.45. The molecule has 0 spiro atoms. The lowest BCUT2D eigenvalue weighted by molar-refractivity contribution is 0.0342. The lowest BCUT2D eigenvalue weighted by atomic mass is 9.81. The van der Waals surface area contributed by atoms with Crippen molar-refractivity contribution in [1.82, 2.24) is 29.4 Å². The summed E-state index contributed by atoms with van der Waals surface area (Å²) in [6.45, 7) is 15.4. The first kappa shape index (κ1) is 40.1. The minimum Gasteiger partial charge on any atom is -0.383 e. The quantitative estimate of drug-likeness (QED) is 0.226. The van der Waals surface area contributed by atoms with E-state index in [1.54, 1.807) is 6.07 Å². The first-order valence-electron chi connectivity index (χ1n) is 21.8. The molecule has 6 aliphatic rings. The van der Waals surface area contributed by atoms with E-state index in [0.717, 1.165) is 89.7 Å². The number of nitrogens with one attached hydrogen (secondary N) is 1. The highest BCUT2D eigenvalue weighted by molar-refractivity contribution is 6.36. The Morgan fingerprint density at radius 2 is 0.983 bits per heavy atom. The number of hydrogen-bond acceptors (Lipinski definition) is 12. The fraction of sp³-hybridized carbons (Fsp3) is 0.556. The molecule has 314 valence electrons. The van der Waals surface area contributed by atoms with Gasteiger partial charge in [0, 0.05) is 107 Å². The zero-order chi connectivity index (χ0) is 40.3. The summed E-state index contributed by atoms with van der Waals surface area (Å²) in [4.78, 5) is 71.2. The summed E-state index contributed by atoms with van der Waals surface area (Å²) in [6.07, 6.45) is 3.58. The van der Waals surface area contributed by atoms with Crippen molar-refractivity contribution in [2.75, 3.05) is 137 Å². The van der Waals surface area contributed by atoms with Gasteiger partial charge in [0.05, 0.1) is 56.3 Å². The van der Waals surface area contributed by atoms with Gasteiger partial charge < -0.3 is 24.4 Å². The third-order valence-corrected chi connectivity index (χ3v) is 12.9. The maximum Gasteiger partial charge on any atom is 0.263 e. The van der Waals surface area contributed by atoms with Gasteiger partial charge in [0.25, 0.3) is 23.6 Å². The van der Waals surface area contributed by atoms with Gasteiger partial charge in [-0.2, -0.15) is 0 Å². The molecule has 6 heterocycles. The van der Waals surface area contributed by atoms with E-state index in [9.17, 15) is 19.2 Å². The van der Waals surface area contributed by atoms with Crippen LogP contribution in [-0.4, -0.2) is 184 Å². The maximum atomic E-state index is 14.9. The van der Waals surface area contributed by atoms with Crippen molar-refractivity contribution in [3.63, 3.8) is 0 Å². The lowest BCUT2D eigenvalue weighted by Gasteiger charge is -2.35. The van der Waals surface area contributed by atoms with Crippen LogP contribution in [0.15, 0.2) is 36.4 Å². The van der Waals surface area contributed by atoms with E-state index < -0.39 is 23.6 Å². The van der Waals surface area contributed by atoms with Crippen LogP contribution in [0.3, 0.4) is 0 Å². The molecule has 3 aromatic carbocycles. The van der Waals surface area contributed by atoms with Gasteiger partial charge in [-0.15, -0.1) is 0 Å². The van der Waals surface area contributed by atoms with E-state index in [2.05, 4.69) is 37.0 Å². The average molecular weight is 808 g/mol. The third-order valence-electron chi connectivity index (χ3n) is 12.9. The molecule has 0 unspecified atom stereocenters. The van der Waals surface area contributed by atoms with Gasteiger partial charge in [-0.3, -0.25) is 43.7 Å². The Morgan fingerprint density at radius 1 is 0.492 bits per heavy atom. The van der Waals surface area contributed by atoms with Crippen LogP contribution < -0.4 is 5.32 Å². The number of carbonyl (C=O) groups excluding carboxylic acids is 4. The maximum absolute atomic E-state index is 14.9. The molecule has 0 atom stereocenters. The highest BCUT2D eigenvalue weighted by Gasteiger charge is 2.43. The van der Waals surface area contributed by atoms with Crippen molar-refractivity contribution < 1.29 is 33.4 Å². The first-order valence-corrected chi connectivity index (χ1v) is 21.8. The summed E-state index contributed by atoms with van der Waals surface area (Å²) in [5, 5.41) is 4.36. The molecule has 0 saturated carbocycles. The number of likely N-dealkylation sites (tertiary alicyclic amines) is 1. The Kier molecular flexibility index (Phi) is 12.3. The summed E-state index contributed by atoms with van der Waals surface area (Å²) in [7, 11) is 0. The molecule has 0 aromatic heterocycles. The molecule has 0 bridgehead atoms. The topological polar surface area (TPSA) is 127 Å². The molecule has 9 rings (SSSR count). The number of nitrogens with zero attached hydrogens (tertiary/aromatic N) is 6. The van der Waals surface area contributed by atoms with Crippen molar-refractivity contribution in [2.24, 2.45) is 0 Å². The van der Waals surface area contributed by atoms with Gasteiger partial charge in [-0.25, -0.2) is 0 Å². The minimum atomic E-state index is -0.394. The second-order valence-corrected chi connectivity index (χ2v) is 16.6. The number of anilines is 1. The summed E-state index contributed by atoms with van der Waals surface area (Å²) in [6, 6.07) is 11.8. The van der Waals surface area contributed by atoms with E-state index in [1.807, 2.05) is 18.2 Å². The Morgan fingerprint density at radius 3 is 1.56 bits per heavy atom. The van der Waals surface area contributed by atoms with Crippen LogP contribution >= 0.6 is 0 Å². The standard InChI is InChI=1S/C45H57N7O7/c53-42-35-29-34(33-7-5-32(6-8-33)31-50-21-27-59-28-22-50)40-38-36(43(54)51(44(40)55)14-3-12-48-17-23-57-24-18-48)30-37(46-9-16-47-10-1-2-11-47)41(39(35)38)45(56)52(42)15-4-13-49-19-25-58-26-20-49/h5-8,29-30,46H,1-4,9-28,31H2. The van der Waals surface area contributed by atoms with Crippen LogP contribution in [-0.2, 0) is 20.8 Å². The molecular formula is C45H57N7O7. The number of imide groups is 2. The lowest BCUT2D eigenvalue weighted by Crippen LogP contribution is -2.45. The van der Waals surface area contributed by atoms with Gasteiger partial charge >= 0.3 is 0 Å². The second kappa shape index (κ2) is 18.1. The summed E-state index contributed by atoms with van der Waals surface area (Å²) in [5.74, 6) is -1.57. The van der Waals surface area contributed by atoms with Crippen molar-refractivity contribution in [2.45, 2.75) is 32.2 Å². The molecule has 14 heteroatoms. The monoisotopic (exact) mass is 807 g/mol. The minimum absolute atomic E-state index is 0.254. The van der Waals surface area contributed by atoms with Gasteiger partial charge in [-0.05, 0) is 67.6 Å². The van der Waals surface area contributed by atoms with Crippen molar-refractivity contribution in [1.29, 1.82) is 0 Å².